The molecule has 1 aliphatic heterocycles. The molecule has 0 radical (unpaired) electrons. The second-order valence-electron chi connectivity index (χ2n) is 8.56. The topological polar surface area (TPSA) is 71.3 Å². The minimum Gasteiger partial charge on any atom is -0.469 e. The van der Waals surface area contributed by atoms with Gasteiger partial charge in [0, 0.05) is 30.3 Å². The van der Waals surface area contributed by atoms with E-state index in [1.807, 2.05) is 0 Å². The van der Waals surface area contributed by atoms with Gasteiger partial charge in [0.05, 0.1) is 29.4 Å². The van der Waals surface area contributed by atoms with Gasteiger partial charge in [-0.05, 0) is 74.4 Å². The van der Waals surface area contributed by atoms with E-state index in [1.165, 1.54) is 30.5 Å². The van der Waals surface area contributed by atoms with Gasteiger partial charge in [-0.3, -0.25) is 9.78 Å². The molecule has 0 saturated carbocycles. The molecule has 0 unspecified atom stereocenters. The third-order valence-corrected chi connectivity index (χ3v) is 6.25. The maximum absolute atomic E-state index is 13.6. The van der Waals surface area contributed by atoms with Crippen LogP contribution in [0.4, 0.5) is 14.6 Å². The van der Waals surface area contributed by atoms with Crippen LogP contribution in [0.5, 0.6) is 0 Å². The molecule has 4 aromatic rings. The molecule has 8 heteroatoms. The van der Waals surface area contributed by atoms with Crippen molar-refractivity contribution >= 4 is 11.7 Å². The first-order valence-electron chi connectivity index (χ1n) is 11.5. The SMILES string of the molecule is Cc1occc1C(=O)NC1CCN(c2cnc(-c3ccc(F)cc3)c(-c3ccc(F)cc3)n2)CC1. The van der Waals surface area contributed by atoms with Gasteiger partial charge in [0.25, 0.3) is 5.91 Å². The van der Waals surface area contributed by atoms with E-state index < -0.39 is 0 Å². The van der Waals surface area contributed by atoms with Crippen LogP contribution in [0, 0.1) is 18.6 Å². The summed E-state index contributed by atoms with van der Waals surface area (Å²) in [6, 6.07) is 13.9. The summed E-state index contributed by atoms with van der Waals surface area (Å²) in [6.45, 7) is 3.16. The van der Waals surface area contributed by atoms with Gasteiger partial charge in [-0.25, -0.2) is 13.8 Å². The fraction of sp³-hybridized carbons (Fsp3) is 0.222. The number of hydrogen-bond acceptors (Lipinski definition) is 5. The van der Waals surface area contributed by atoms with E-state index in [-0.39, 0.29) is 23.6 Å². The van der Waals surface area contributed by atoms with Gasteiger partial charge >= 0.3 is 0 Å². The number of aryl methyl sites for hydroxylation is 1. The van der Waals surface area contributed by atoms with Crippen molar-refractivity contribution in [2.24, 2.45) is 0 Å². The van der Waals surface area contributed by atoms with Crippen LogP contribution in [0.2, 0.25) is 0 Å². The minimum atomic E-state index is -0.337. The predicted octanol–water partition coefficient (Wildman–Crippen LogP) is 5.39. The number of benzene rings is 2. The van der Waals surface area contributed by atoms with E-state index in [0.717, 1.165) is 24.0 Å². The Kier molecular flexibility index (Phi) is 6.27. The smallest absolute Gasteiger partial charge is 0.255 e. The molecule has 1 N–H and O–H groups in total. The molecule has 3 heterocycles. The van der Waals surface area contributed by atoms with Gasteiger partial charge in [-0.2, -0.15) is 0 Å². The number of carbonyl (C=O) groups is 1. The van der Waals surface area contributed by atoms with Crippen molar-refractivity contribution in [3.05, 3.63) is 90.0 Å². The molecule has 1 amide bonds. The molecule has 0 bridgehead atoms. The van der Waals surface area contributed by atoms with Crippen LogP contribution in [-0.4, -0.2) is 35.0 Å². The first-order valence-corrected chi connectivity index (χ1v) is 11.5. The van der Waals surface area contributed by atoms with E-state index in [2.05, 4.69) is 15.2 Å². The average Bonchev–Trinajstić information content (AvgIpc) is 3.31. The minimum absolute atomic E-state index is 0.0519. The van der Waals surface area contributed by atoms with Crippen molar-refractivity contribution in [2.45, 2.75) is 25.8 Å². The van der Waals surface area contributed by atoms with E-state index >= 15 is 0 Å². The number of furan rings is 1. The molecule has 0 aliphatic carbocycles. The van der Waals surface area contributed by atoms with Crippen LogP contribution in [0.25, 0.3) is 22.5 Å². The maximum Gasteiger partial charge on any atom is 0.255 e. The van der Waals surface area contributed by atoms with E-state index in [1.54, 1.807) is 43.5 Å². The number of nitrogens with zero attached hydrogens (tertiary/aromatic N) is 3. The van der Waals surface area contributed by atoms with Gasteiger partial charge in [0.15, 0.2) is 0 Å². The molecule has 1 saturated heterocycles. The van der Waals surface area contributed by atoms with Gasteiger partial charge < -0.3 is 14.6 Å². The number of hydrogen-bond donors (Lipinski definition) is 1. The van der Waals surface area contributed by atoms with Crippen molar-refractivity contribution in [3.8, 4) is 22.5 Å². The third-order valence-electron chi connectivity index (χ3n) is 6.25. The highest BCUT2D eigenvalue weighted by atomic mass is 19.1. The lowest BCUT2D eigenvalue weighted by Gasteiger charge is -2.33. The van der Waals surface area contributed by atoms with Crippen molar-refractivity contribution < 1.29 is 18.0 Å². The largest absolute Gasteiger partial charge is 0.469 e. The third kappa shape index (κ3) is 4.91. The number of carbonyl (C=O) groups excluding carboxylic acids is 1. The summed E-state index contributed by atoms with van der Waals surface area (Å²) >= 11 is 0. The highest BCUT2D eigenvalue weighted by Gasteiger charge is 2.24. The molecule has 2 aromatic carbocycles. The molecule has 1 fully saturated rings. The number of rotatable bonds is 5. The zero-order valence-electron chi connectivity index (χ0n) is 19.2. The molecule has 178 valence electrons. The summed E-state index contributed by atoms with van der Waals surface area (Å²) in [5, 5.41) is 3.08. The van der Waals surface area contributed by atoms with E-state index in [0.29, 0.717) is 41.6 Å². The zero-order chi connectivity index (χ0) is 24.4. The van der Waals surface area contributed by atoms with Crippen molar-refractivity contribution in [1.82, 2.24) is 15.3 Å². The second kappa shape index (κ2) is 9.66. The Labute approximate surface area is 201 Å². The highest BCUT2D eigenvalue weighted by Crippen LogP contribution is 2.31. The highest BCUT2D eigenvalue weighted by molar-refractivity contribution is 5.95. The lowest BCUT2D eigenvalue weighted by molar-refractivity contribution is 0.0929. The predicted molar refractivity (Wildman–Crippen MR) is 129 cm³/mol. The van der Waals surface area contributed by atoms with Gasteiger partial charge in [-0.1, -0.05) is 0 Å². The molecular formula is C27H24F2N4O2. The van der Waals surface area contributed by atoms with E-state index in [4.69, 9.17) is 9.40 Å². The molecule has 0 atom stereocenters. The van der Waals surface area contributed by atoms with Gasteiger partial charge in [0.2, 0.25) is 0 Å². The molecule has 6 nitrogen and oxygen atoms in total. The van der Waals surface area contributed by atoms with Gasteiger partial charge in [-0.15, -0.1) is 0 Å². The molecule has 35 heavy (non-hydrogen) atoms. The average molecular weight is 475 g/mol. The molecule has 2 aromatic heterocycles. The van der Waals surface area contributed by atoms with E-state index in [9.17, 15) is 13.6 Å². The van der Waals surface area contributed by atoms with Gasteiger partial charge in [0.1, 0.15) is 23.2 Å². The number of halogens is 2. The number of aromatic nitrogens is 2. The second-order valence-corrected chi connectivity index (χ2v) is 8.56. The normalized spacial score (nSPS) is 14.2. The Balaban J connectivity index is 1.36. The Hall–Kier alpha value is -4.07. The Morgan fingerprint density at radius 1 is 0.943 bits per heavy atom. The molecular weight excluding hydrogens is 450 g/mol. The Bertz CT molecular complexity index is 1330. The summed E-state index contributed by atoms with van der Waals surface area (Å²) in [5.41, 5.74) is 3.19. The van der Waals surface area contributed by atoms with Crippen LogP contribution < -0.4 is 10.2 Å². The lowest BCUT2D eigenvalue weighted by Crippen LogP contribution is -2.45. The molecule has 5 rings (SSSR count). The summed E-state index contributed by atoms with van der Waals surface area (Å²) in [7, 11) is 0. The zero-order valence-corrected chi connectivity index (χ0v) is 19.2. The summed E-state index contributed by atoms with van der Waals surface area (Å²) < 4.78 is 32.3. The van der Waals surface area contributed by atoms with Crippen LogP contribution in [0.1, 0.15) is 29.0 Å². The number of piperidine rings is 1. The molecule has 1 aliphatic rings. The number of nitrogens with one attached hydrogen (secondary N) is 1. The van der Waals surface area contributed by atoms with Crippen LogP contribution >= 0.6 is 0 Å². The standard InChI is InChI=1S/C27H24F2N4O2/c1-17-23(12-15-35-17)27(34)31-22-10-13-33(14-11-22)24-16-30-25(18-2-6-20(28)7-3-18)26(32-24)19-4-8-21(29)9-5-19/h2-9,12,15-16,22H,10-11,13-14H2,1H3,(H,31,34). The summed E-state index contributed by atoms with van der Waals surface area (Å²) in [6.07, 6.45) is 4.74. The fourth-order valence-corrected chi connectivity index (χ4v) is 4.30. The van der Waals surface area contributed by atoms with Crippen molar-refractivity contribution in [1.29, 1.82) is 0 Å². The maximum atomic E-state index is 13.6. The molecule has 0 spiro atoms. The number of amides is 1. The van der Waals surface area contributed by atoms with Crippen LogP contribution in [-0.2, 0) is 0 Å². The fourth-order valence-electron chi connectivity index (χ4n) is 4.30. The Morgan fingerprint density at radius 3 is 2.11 bits per heavy atom. The number of anilines is 1. The quantitative estimate of drug-likeness (QED) is 0.420. The lowest BCUT2D eigenvalue weighted by atomic mass is 10.0. The Morgan fingerprint density at radius 2 is 1.54 bits per heavy atom. The first kappa shape index (κ1) is 22.7. The monoisotopic (exact) mass is 474 g/mol. The van der Waals surface area contributed by atoms with Crippen molar-refractivity contribution in [3.63, 3.8) is 0 Å². The summed E-state index contributed by atoms with van der Waals surface area (Å²) in [5.74, 6) is 0.502. The van der Waals surface area contributed by atoms with Crippen LogP contribution in [0.15, 0.2) is 71.5 Å². The van der Waals surface area contributed by atoms with Crippen LogP contribution in [0.3, 0.4) is 0 Å². The first-order chi connectivity index (χ1) is 17.0. The summed E-state index contributed by atoms with van der Waals surface area (Å²) in [4.78, 5) is 24.2. The van der Waals surface area contributed by atoms with Crippen molar-refractivity contribution in [2.75, 3.05) is 18.0 Å².